The van der Waals surface area contributed by atoms with Crippen LogP contribution in [-0.2, 0) is 4.79 Å². The zero-order valence-electron chi connectivity index (χ0n) is 18.5. The molecule has 0 saturated heterocycles. The van der Waals surface area contributed by atoms with Crippen molar-refractivity contribution in [2.24, 2.45) is 0 Å². The van der Waals surface area contributed by atoms with Crippen molar-refractivity contribution in [2.75, 3.05) is 12.4 Å². The summed E-state index contributed by atoms with van der Waals surface area (Å²) in [6.07, 6.45) is 0. The number of amides is 1. The van der Waals surface area contributed by atoms with Crippen molar-refractivity contribution >= 4 is 45.0 Å². The number of ether oxygens (including phenoxy) is 1. The van der Waals surface area contributed by atoms with Gasteiger partial charge >= 0.3 is 5.69 Å². The van der Waals surface area contributed by atoms with Gasteiger partial charge in [0.1, 0.15) is 16.4 Å². The maximum absolute atomic E-state index is 13.6. The number of hydrogen-bond acceptors (Lipinski definition) is 6. The summed E-state index contributed by atoms with van der Waals surface area (Å²) in [5, 5.41) is 5.28. The van der Waals surface area contributed by atoms with Gasteiger partial charge in [-0.3, -0.25) is 14.2 Å². The molecule has 35 heavy (non-hydrogen) atoms. The zero-order valence-corrected chi connectivity index (χ0v) is 20.1. The minimum absolute atomic E-state index is 0.188. The summed E-state index contributed by atoms with van der Waals surface area (Å²) in [4.78, 5) is 44.8. The number of nitrogens with zero attached hydrogens (tertiary/aromatic N) is 3. The number of thiazole rings is 1. The molecule has 9 nitrogen and oxygen atoms in total. The molecule has 5 rings (SSSR count). The molecule has 0 aliphatic rings. The van der Waals surface area contributed by atoms with Crippen LogP contribution < -0.4 is 21.3 Å². The van der Waals surface area contributed by atoms with Crippen molar-refractivity contribution in [3.05, 3.63) is 86.0 Å². The molecular weight excluding hydrogens is 490 g/mol. The average molecular weight is 508 g/mol. The molecule has 0 bridgehead atoms. The highest BCUT2D eigenvalue weighted by atomic mass is 35.5. The first-order valence-corrected chi connectivity index (χ1v) is 11.7. The Morgan fingerprint density at radius 3 is 2.57 bits per heavy atom. The number of anilines is 1. The molecule has 0 aliphatic carbocycles. The third kappa shape index (κ3) is 4.02. The normalized spacial score (nSPS) is 11.1. The largest absolute Gasteiger partial charge is 0.495 e. The summed E-state index contributed by atoms with van der Waals surface area (Å²) in [5.74, 6) is 0.196. The molecule has 3 heterocycles. The summed E-state index contributed by atoms with van der Waals surface area (Å²) >= 11 is 7.84. The molecule has 0 atom stereocenters. The third-order valence-corrected chi connectivity index (χ3v) is 6.38. The molecule has 0 fully saturated rings. The van der Waals surface area contributed by atoms with Gasteiger partial charge in [-0.25, -0.2) is 14.3 Å². The first-order chi connectivity index (χ1) is 16.9. The number of benzene rings is 2. The van der Waals surface area contributed by atoms with E-state index < -0.39 is 11.2 Å². The number of fused-ring (bicyclic) bond motifs is 1. The molecule has 1 amide bonds. The van der Waals surface area contributed by atoms with Gasteiger partial charge in [-0.05, 0) is 30.3 Å². The van der Waals surface area contributed by atoms with E-state index in [-0.39, 0.29) is 16.6 Å². The number of para-hydroxylation sites is 2. The number of carbonyl (C=O) groups excluding carboxylic acids is 1. The number of hydrogen-bond donors (Lipinski definition) is 2. The maximum atomic E-state index is 13.6. The molecule has 0 aliphatic heterocycles. The van der Waals surface area contributed by atoms with Gasteiger partial charge in [0.15, 0.2) is 5.13 Å². The minimum atomic E-state index is -0.602. The quantitative estimate of drug-likeness (QED) is 0.370. The second kappa shape index (κ2) is 8.90. The van der Waals surface area contributed by atoms with Crippen LogP contribution in [0.15, 0.2) is 69.6 Å². The average Bonchev–Trinajstić information content (AvgIpc) is 3.43. The molecule has 0 radical (unpaired) electrons. The topological polar surface area (TPSA) is 111 Å². The Morgan fingerprint density at radius 2 is 1.86 bits per heavy atom. The van der Waals surface area contributed by atoms with Gasteiger partial charge in [0.25, 0.3) is 5.56 Å². The molecule has 0 spiro atoms. The molecule has 5 aromatic rings. The molecule has 3 aromatic heterocycles. The highest BCUT2D eigenvalue weighted by molar-refractivity contribution is 7.14. The summed E-state index contributed by atoms with van der Waals surface area (Å²) in [6, 6.07) is 15.6. The van der Waals surface area contributed by atoms with Crippen molar-refractivity contribution in [1.82, 2.24) is 19.1 Å². The fourth-order valence-electron chi connectivity index (χ4n) is 3.84. The van der Waals surface area contributed by atoms with Crippen LogP contribution in [0, 0.1) is 0 Å². The van der Waals surface area contributed by atoms with Gasteiger partial charge in [0.2, 0.25) is 5.91 Å². The number of aromatic nitrogens is 4. The molecule has 11 heteroatoms. The summed E-state index contributed by atoms with van der Waals surface area (Å²) in [5.41, 5.74) is 1.88. The Balaban J connectivity index is 1.63. The van der Waals surface area contributed by atoms with Crippen molar-refractivity contribution in [3.63, 3.8) is 0 Å². The van der Waals surface area contributed by atoms with Crippen LogP contribution in [0.5, 0.6) is 5.75 Å². The maximum Gasteiger partial charge on any atom is 0.333 e. The van der Waals surface area contributed by atoms with Crippen molar-refractivity contribution in [3.8, 4) is 28.4 Å². The molecule has 0 saturated carbocycles. The van der Waals surface area contributed by atoms with Crippen molar-refractivity contribution in [2.45, 2.75) is 6.92 Å². The lowest BCUT2D eigenvalue weighted by Crippen LogP contribution is -2.34. The number of carbonyl (C=O) groups is 1. The smallest absolute Gasteiger partial charge is 0.333 e. The van der Waals surface area contributed by atoms with E-state index in [9.17, 15) is 14.4 Å². The number of H-pyrrole nitrogens is 1. The van der Waals surface area contributed by atoms with Crippen LogP contribution in [0.2, 0.25) is 5.15 Å². The predicted molar refractivity (Wildman–Crippen MR) is 136 cm³/mol. The first kappa shape index (κ1) is 22.6. The number of halogens is 1. The van der Waals surface area contributed by atoms with E-state index in [2.05, 4.69) is 15.3 Å². The van der Waals surface area contributed by atoms with Crippen LogP contribution in [0.25, 0.3) is 33.7 Å². The first-order valence-electron chi connectivity index (χ1n) is 10.4. The second-order valence-corrected chi connectivity index (χ2v) is 8.82. The summed E-state index contributed by atoms with van der Waals surface area (Å²) in [6.45, 7) is 1.43. The van der Waals surface area contributed by atoms with E-state index in [4.69, 9.17) is 16.3 Å². The highest BCUT2D eigenvalue weighted by Crippen LogP contribution is 2.29. The van der Waals surface area contributed by atoms with E-state index in [1.807, 2.05) is 17.5 Å². The van der Waals surface area contributed by atoms with Crippen molar-refractivity contribution in [1.29, 1.82) is 0 Å². The van der Waals surface area contributed by atoms with E-state index in [1.165, 1.54) is 25.4 Å². The second-order valence-electron chi connectivity index (χ2n) is 7.57. The van der Waals surface area contributed by atoms with E-state index in [1.54, 1.807) is 47.0 Å². The Kier molecular flexibility index (Phi) is 5.75. The number of aromatic amines is 1. The number of methoxy groups -OCH3 is 1. The monoisotopic (exact) mass is 507 g/mol. The number of nitrogens with one attached hydrogen (secondary N) is 2. The van der Waals surface area contributed by atoms with Crippen LogP contribution in [-0.4, -0.2) is 32.1 Å². The highest BCUT2D eigenvalue weighted by Gasteiger charge is 2.19. The summed E-state index contributed by atoms with van der Waals surface area (Å²) < 4.78 is 7.95. The Labute approximate surface area is 207 Å². The van der Waals surface area contributed by atoms with E-state index in [0.717, 1.165) is 10.1 Å². The SMILES string of the molecule is COc1ccccc1-n1c(=O)[nH]c2cc(Cl)n(-c3ccc(-c4csc(NC(C)=O)n4)cc3)c2c1=O. The van der Waals surface area contributed by atoms with Gasteiger partial charge in [-0.2, -0.15) is 0 Å². The Morgan fingerprint density at radius 1 is 1.11 bits per heavy atom. The van der Waals surface area contributed by atoms with Gasteiger partial charge in [-0.1, -0.05) is 35.9 Å². The fraction of sp³-hybridized carbons (Fsp3) is 0.0833. The predicted octanol–water partition coefficient (Wildman–Crippen LogP) is 4.21. The molecule has 0 unspecified atom stereocenters. The molecule has 2 N–H and O–H groups in total. The Bertz CT molecular complexity index is 1700. The van der Waals surface area contributed by atoms with E-state index >= 15 is 0 Å². The van der Waals surface area contributed by atoms with Crippen LogP contribution in [0.3, 0.4) is 0 Å². The molecule has 2 aromatic carbocycles. The standard InChI is InChI=1S/C24H18ClN5O4S/c1-13(31)26-23-27-17(12-35-23)14-7-9-15(10-8-14)29-20(25)11-16-21(29)22(32)30(24(33)28-16)18-5-3-4-6-19(18)34-2/h3-12H,1-2H3,(H,28,33)(H,26,27,31). The lowest BCUT2D eigenvalue weighted by atomic mass is 10.1. The lowest BCUT2D eigenvalue weighted by molar-refractivity contribution is -0.114. The number of rotatable bonds is 5. The fourth-order valence-corrected chi connectivity index (χ4v) is 4.89. The van der Waals surface area contributed by atoms with Gasteiger partial charge in [-0.15, -0.1) is 11.3 Å². The van der Waals surface area contributed by atoms with E-state index in [0.29, 0.717) is 33.5 Å². The summed E-state index contributed by atoms with van der Waals surface area (Å²) in [7, 11) is 1.47. The van der Waals surface area contributed by atoms with Gasteiger partial charge < -0.3 is 15.0 Å². The molecule has 176 valence electrons. The van der Waals surface area contributed by atoms with Crippen LogP contribution in [0.1, 0.15) is 6.92 Å². The molecular formula is C24H18ClN5O4S. The van der Waals surface area contributed by atoms with Gasteiger partial charge in [0.05, 0.1) is 24.0 Å². The minimum Gasteiger partial charge on any atom is -0.495 e. The lowest BCUT2D eigenvalue weighted by Gasteiger charge is -2.11. The van der Waals surface area contributed by atoms with Crippen LogP contribution >= 0.6 is 22.9 Å². The van der Waals surface area contributed by atoms with Gasteiger partial charge in [0, 0.05) is 23.6 Å². The Hall–Kier alpha value is -4.15. The third-order valence-electron chi connectivity index (χ3n) is 5.34. The van der Waals surface area contributed by atoms with Crippen LogP contribution in [0.4, 0.5) is 5.13 Å². The van der Waals surface area contributed by atoms with Crippen molar-refractivity contribution < 1.29 is 9.53 Å². The zero-order chi connectivity index (χ0) is 24.7.